The zero-order chi connectivity index (χ0) is 18.1. The smallest absolute Gasteiger partial charge is 0.416 e. The van der Waals surface area contributed by atoms with Gasteiger partial charge in [-0.05, 0) is 30.2 Å². The number of aryl methyl sites for hydroxylation is 1. The van der Waals surface area contributed by atoms with Crippen molar-refractivity contribution >= 4 is 0 Å². The van der Waals surface area contributed by atoms with E-state index in [1.807, 2.05) is 0 Å². The van der Waals surface area contributed by atoms with Crippen LogP contribution in [-0.2, 0) is 12.6 Å². The number of hydrogen-bond donors (Lipinski definition) is 0. The zero-order valence-electron chi connectivity index (χ0n) is 12.6. The Kier molecular flexibility index (Phi) is 4.96. The van der Waals surface area contributed by atoms with Crippen LogP contribution in [-0.4, -0.2) is 7.11 Å². The third-order valence-electron chi connectivity index (χ3n) is 3.25. The lowest BCUT2D eigenvalue weighted by Gasteiger charge is -2.14. The second kappa shape index (κ2) is 6.62. The monoisotopic (exact) mass is 350 g/mol. The van der Waals surface area contributed by atoms with E-state index in [1.54, 1.807) is 6.92 Å². The normalized spacial score (nSPS) is 11.5. The summed E-state index contributed by atoms with van der Waals surface area (Å²) in [5, 5.41) is 0. The predicted octanol–water partition coefficient (Wildman–Crippen LogP) is 5.49. The van der Waals surface area contributed by atoms with Crippen molar-refractivity contribution in [3.8, 4) is 17.2 Å². The van der Waals surface area contributed by atoms with Crippen molar-refractivity contribution in [3.63, 3.8) is 0 Å². The summed E-state index contributed by atoms with van der Waals surface area (Å²) in [5.41, 5.74) is -1.21. The molecule has 0 N–H and O–H groups in total. The zero-order valence-corrected chi connectivity index (χ0v) is 12.6. The molecule has 0 heterocycles. The summed E-state index contributed by atoms with van der Waals surface area (Å²) in [6.07, 6.45) is -4.57. The van der Waals surface area contributed by atoms with Gasteiger partial charge in [0.25, 0.3) is 0 Å². The summed E-state index contributed by atoms with van der Waals surface area (Å²) >= 11 is 0. The first-order valence-electron chi connectivity index (χ1n) is 6.77. The standard InChI is InChI=1S/C16H12F6O2/c1-3-8-4-13(23-2)14(7-10(8)17)24-15-11(18)5-9(6-12(15)19)16(20,21)22/h4-7H,3H2,1-2H3. The Hall–Kier alpha value is -2.38. The SMILES string of the molecule is CCc1cc(OC)c(Oc2c(F)cc(C(F)(F)F)cc2F)cc1F. The lowest BCUT2D eigenvalue weighted by Crippen LogP contribution is -2.07. The van der Waals surface area contributed by atoms with Gasteiger partial charge in [0.1, 0.15) is 5.82 Å². The molecule has 0 bridgehead atoms. The van der Waals surface area contributed by atoms with Gasteiger partial charge in [0.15, 0.2) is 28.9 Å². The second-order valence-corrected chi connectivity index (χ2v) is 4.82. The van der Waals surface area contributed by atoms with E-state index in [2.05, 4.69) is 0 Å². The molecule has 2 rings (SSSR count). The van der Waals surface area contributed by atoms with Gasteiger partial charge in [0, 0.05) is 6.07 Å². The van der Waals surface area contributed by atoms with Crippen molar-refractivity contribution in [2.45, 2.75) is 19.5 Å². The molecule has 0 fully saturated rings. The highest BCUT2D eigenvalue weighted by molar-refractivity contribution is 5.47. The number of hydrogen-bond acceptors (Lipinski definition) is 2. The molecule has 0 aliphatic heterocycles. The van der Waals surface area contributed by atoms with E-state index in [0.717, 1.165) is 6.07 Å². The fourth-order valence-electron chi connectivity index (χ4n) is 2.02. The van der Waals surface area contributed by atoms with Crippen molar-refractivity contribution in [1.82, 2.24) is 0 Å². The Morgan fingerprint density at radius 2 is 1.46 bits per heavy atom. The Morgan fingerprint density at radius 1 is 0.875 bits per heavy atom. The van der Waals surface area contributed by atoms with Crippen LogP contribution in [0.1, 0.15) is 18.1 Å². The minimum atomic E-state index is -4.91. The molecule has 0 atom stereocenters. The number of methoxy groups -OCH3 is 1. The van der Waals surface area contributed by atoms with Crippen molar-refractivity contribution in [2.75, 3.05) is 7.11 Å². The van der Waals surface area contributed by atoms with Gasteiger partial charge < -0.3 is 9.47 Å². The average Bonchev–Trinajstić information content (AvgIpc) is 2.49. The van der Waals surface area contributed by atoms with Crippen LogP contribution in [0.15, 0.2) is 24.3 Å². The summed E-state index contributed by atoms with van der Waals surface area (Å²) in [6.45, 7) is 1.69. The van der Waals surface area contributed by atoms with E-state index in [0.29, 0.717) is 6.42 Å². The maximum atomic E-state index is 13.8. The van der Waals surface area contributed by atoms with Gasteiger partial charge in [-0.3, -0.25) is 0 Å². The van der Waals surface area contributed by atoms with Crippen LogP contribution in [0.2, 0.25) is 0 Å². The van der Waals surface area contributed by atoms with Crippen LogP contribution in [0, 0.1) is 17.5 Å². The largest absolute Gasteiger partial charge is 0.493 e. The third kappa shape index (κ3) is 3.58. The molecule has 0 saturated heterocycles. The van der Waals surface area contributed by atoms with Crippen molar-refractivity contribution in [1.29, 1.82) is 0 Å². The summed E-state index contributed by atoms with van der Waals surface area (Å²) in [6, 6.07) is 2.34. The molecule has 0 aliphatic rings. The highest BCUT2D eigenvalue weighted by atomic mass is 19.4. The first kappa shape index (κ1) is 18.0. The molecule has 0 radical (unpaired) electrons. The minimum Gasteiger partial charge on any atom is -0.493 e. The highest BCUT2D eigenvalue weighted by Crippen LogP contribution is 2.38. The van der Waals surface area contributed by atoms with E-state index in [4.69, 9.17) is 9.47 Å². The summed E-state index contributed by atoms with van der Waals surface area (Å²) in [4.78, 5) is 0. The van der Waals surface area contributed by atoms with Gasteiger partial charge in [0.05, 0.1) is 12.7 Å². The van der Waals surface area contributed by atoms with Gasteiger partial charge in [0.2, 0.25) is 0 Å². The van der Waals surface area contributed by atoms with Gasteiger partial charge in [-0.2, -0.15) is 13.2 Å². The molecule has 2 aromatic rings. The lowest BCUT2D eigenvalue weighted by molar-refractivity contribution is -0.138. The quantitative estimate of drug-likeness (QED) is 0.679. The minimum absolute atomic E-state index is 0.00746. The predicted molar refractivity (Wildman–Crippen MR) is 73.8 cm³/mol. The number of rotatable bonds is 4. The number of benzene rings is 2. The molecule has 2 nitrogen and oxygen atoms in total. The molecule has 0 unspecified atom stereocenters. The molecule has 0 aliphatic carbocycles. The summed E-state index contributed by atoms with van der Waals surface area (Å²) in [7, 11) is 1.24. The Labute approximate surface area is 133 Å². The topological polar surface area (TPSA) is 18.5 Å². The van der Waals surface area contributed by atoms with E-state index in [9.17, 15) is 26.3 Å². The van der Waals surface area contributed by atoms with Gasteiger partial charge in [-0.15, -0.1) is 0 Å². The van der Waals surface area contributed by atoms with Crippen LogP contribution in [0.3, 0.4) is 0 Å². The van der Waals surface area contributed by atoms with Crippen LogP contribution >= 0.6 is 0 Å². The maximum absolute atomic E-state index is 13.8. The highest BCUT2D eigenvalue weighted by Gasteiger charge is 2.33. The Balaban J connectivity index is 2.47. The van der Waals surface area contributed by atoms with Crippen LogP contribution < -0.4 is 9.47 Å². The molecular formula is C16H12F6O2. The third-order valence-corrected chi connectivity index (χ3v) is 3.25. The van der Waals surface area contributed by atoms with Crippen LogP contribution in [0.4, 0.5) is 26.3 Å². The van der Waals surface area contributed by atoms with Crippen LogP contribution in [0.5, 0.6) is 17.2 Å². The number of alkyl halides is 3. The lowest BCUT2D eigenvalue weighted by atomic mass is 10.1. The molecule has 0 spiro atoms. The number of halogens is 6. The van der Waals surface area contributed by atoms with E-state index >= 15 is 0 Å². The van der Waals surface area contributed by atoms with Gasteiger partial charge in [-0.25, -0.2) is 13.2 Å². The fraction of sp³-hybridized carbons (Fsp3) is 0.250. The van der Waals surface area contributed by atoms with Crippen LogP contribution in [0.25, 0.3) is 0 Å². The van der Waals surface area contributed by atoms with Gasteiger partial charge in [-0.1, -0.05) is 6.92 Å². The van der Waals surface area contributed by atoms with E-state index in [-0.39, 0.29) is 29.2 Å². The van der Waals surface area contributed by atoms with Crippen molar-refractivity contribution in [2.24, 2.45) is 0 Å². The molecule has 130 valence electrons. The van der Waals surface area contributed by atoms with Gasteiger partial charge >= 0.3 is 6.18 Å². The molecule has 2 aromatic carbocycles. The second-order valence-electron chi connectivity index (χ2n) is 4.82. The number of ether oxygens (including phenoxy) is 2. The van der Waals surface area contributed by atoms with E-state index in [1.165, 1.54) is 13.2 Å². The molecule has 0 aromatic heterocycles. The summed E-state index contributed by atoms with van der Waals surface area (Å²) in [5.74, 6) is -5.27. The van der Waals surface area contributed by atoms with Crippen molar-refractivity contribution in [3.05, 3.63) is 52.8 Å². The summed E-state index contributed by atoms with van der Waals surface area (Å²) < 4.78 is 88.9. The fourth-order valence-corrected chi connectivity index (χ4v) is 2.02. The maximum Gasteiger partial charge on any atom is 0.416 e. The molecule has 8 heteroatoms. The first-order valence-corrected chi connectivity index (χ1v) is 6.77. The molecule has 0 saturated carbocycles. The average molecular weight is 350 g/mol. The van der Waals surface area contributed by atoms with Crippen molar-refractivity contribution < 1.29 is 35.8 Å². The molecular weight excluding hydrogens is 338 g/mol. The Morgan fingerprint density at radius 3 is 1.92 bits per heavy atom. The van der Waals surface area contributed by atoms with E-state index < -0.39 is 34.9 Å². The first-order chi connectivity index (χ1) is 11.2. The Bertz CT molecular complexity index is 732. The molecule has 24 heavy (non-hydrogen) atoms. The molecule has 0 amide bonds.